The number of hydrogen-bond acceptors (Lipinski definition) is 5. The molecule has 3 rings (SSSR count). The van der Waals surface area contributed by atoms with Crippen LogP contribution in [0.2, 0.25) is 0 Å². The molecule has 24 heavy (non-hydrogen) atoms. The molecule has 0 atom stereocenters. The van der Waals surface area contributed by atoms with Crippen LogP contribution in [0.25, 0.3) is 11.3 Å². The molecule has 0 amide bonds. The van der Waals surface area contributed by atoms with Crippen LogP contribution in [-0.2, 0) is 16.2 Å². The first-order valence-electron chi connectivity index (χ1n) is 8.35. The number of anilines is 1. The summed E-state index contributed by atoms with van der Waals surface area (Å²) in [5.41, 5.74) is 6.40. The van der Waals surface area contributed by atoms with Crippen LogP contribution in [0.4, 0.5) is 5.69 Å². The number of benzene rings is 1. The Morgan fingerprint density at radius 3 is 2.71 bits per heavy atom. The molecule has 2 aromatic rings. The first kappa shape index (κ1) is 16.7. The lowest BCUT2D eigenvalue weighted by Crippen LogP contribution is -2.08. The molecule has 1 fully saturated rings. The van der Waals surface area contributed by atoms with Crippen molar-refractivity contribution in [1.82, 2.24) is 4.98 Å². The minimum Gasteiger partial charge on any atom is -0.494 e. The second kappa shape index (κ2) is 8.13. The van der Waals surface area contributed by atoms with Gasteiger partial charge in [-0.05, 0) is 37.1 Å². The zero-order chi connectivity index (χ0) is 16.8. The molecule has 0 spiro atoms. The smallest absolute Gasteiger partial charge is 0.145 e. The van der Waals surface area contributed by atoms with E-state index in [-0.39, 0.29) is 0 Å². The van der Waals surface area contributed by atoms with Crippen molar-refractivity contribution < 1.29 is 14.3 Å². The van der Waals surface area contributed by atoms with Gasteiger partial charge in [-0.25, -0.2) is 4.98 Å². The Labute approximate surface area is 142 Å². The Balaban J connectivity index is 1.82. The van der Waals surface area contributed by atoms with E-state index in [1.54, 1.807) is 14.2 Å². The molecule has 1 aromatic heterocycles. The number of hydrogen-bond donors (Lipinski definition) is 1. The Hall–Kier alpha value is -2.11. The Morgan fingerprint density at radius 2 is 1.96 bits per heavy atom. The number of nitrogens with zero attached hydrogens (tertiary/aromatic N) is 1. The van der Waals surface area contributed by atoms with Crippen molar-refractivity contribution in [3.05, 3.63) is 42.1 Å². The largest absolute Gasteiger partial charge is 0.494 e. The highest BCUT2D eigenvalue weighted by Crippen LogP contribution is 2.30. The van der Waals surface area contributed by atoms with Crippen LogP contribution >= 0.6 is 0 Å². The summed E-state index contributed by atoms with van der Waals surface area (Å²) in [4.78, 5) is 9.73. The zero-order valence-corrected chi connectivity index (χ0v) is 14.2. The van der Waals surface area contributed by atoms with E-state index in [1.165, 1.54) is 12.8 Å². The van der Waals surface area contributed by atoms with Crippen LogP contribution in [0.15, 0.2) is 36.4 Å². The van der Waals surface area contributed by atoms with Crippen molar-refractivity contribution in [2.24, 2.45) is 0 Å². The van der Waals surface area contributed by atoms with E-state index in [4.69, 9.17) is 19.3 Å². The van der Waals surface area contributed by atoms with Gasteiger partial charge in [0.05, 0.1) is 38.3 Å². The van der Waals surface area contributed by atoms with E-state index < -0.39 is 0 Å². The van der Waals surface area contributed by atoms with Crippen molar-refractivity contribution in [3.63, 3.8) is 0 Å². The topological polar surface area (TPSA) is 52.6 Å². The third-order valence-electron chi connectivity index (χ3n) is 4.26. The highest BCUT2D eigenvalue weighted by atomic mass is 16.6. The SMILES string of the molecule is CONc1cccc(-c2nc(COC3CCCC3)ccc2OC)c1. The van der Waals surface area contributed by atoms with E-state index in [9.17, 15) is 0 Å². The minimum atomic E-state index is 0.381. The lowest BCUT2D eigenvalue weighted by atomic mass is 10.1. The number of rotatable bonds is 7. The lowest BCUT2D eigenvalue weighted by molar-refractivity contribution is 0.0438. The van der Waals surface area contributed by atoms with Gasteiger partial charge < -0.3 is 9.47 Å². The standard InChI is InChI=1S/C19H24N2O3/c1-22-18-11-10-16(13-24-17-8-3-4-9-17)20-19(18)14-6-5-7-15(12-14)21-23-2/h5-7,10-12,17,21H,3-4,8-9,13H2,1-2H3. The minimum absolute atomic E-state index is 0.381. The summed E-state index contributed by atoms with van der Waals surface area (Å²) in [6.45, 7) is 0.539. The van der Waals surface area contributed by atoms with Gasteiger partial charge in [0, 0.05) is 5.56 Å². The molecule has 1 aliphatic carbocycles. The van der Waals surface area contributed by atoms with Crippen LogP contribution in [-0.4, -0.2) is 25.3 Å². The fraction of sp³-hybridized carbons (Fsp3) is 0.421. The molecule has 0 saturated heterocycles. The highest BCUT2D eigenvalue weighted by molar-refractivity contribution is 5.70. The number of ether oxygens (including phenoxy) is 2. The van der Waals surface area contributed by atoms with Crippen LogP contribution in [0, 0.1) is 0 Å². The third-order valence-corrected chi connectivity index (χ3v) is 4.26. The normalized spacial score (nSPS) is 14.8. The van der Waals surface area contributed by atoms with Crippen LogP contribution in [0.5, 0.6) is 5.75 Å². The number of pyridine rings is 1. The van der Waals surface area contributed by atoms with Crippen molar-refractivity contribution >= 4 is 5.69 Å². The van der Waals surface area contributed by atoms with Gasteiger partial charge in [-0.2, -0.15) is 0 Å². The van der Waals surface area contributed by atoms with Crippen LogP contribution in [0.3, 0.4) is 0 Å². The molecule has 128 valence electrons. The zero-order valence-electron chi connectivity index (χ0n) is 14.2. The maximum atomic E-state index is 5.98. The summed E-state index contributed by atoms with van der Waals surface area (Å²) in [5.74, 6) is 0.745. The molecule has 1 N–H and O–H groups in total. The van der Waals surface area contributed by atoms with Gasteiger partial charge in [-0.15, -0.1) is 0 Å². The van der Waals surface area contributed by atoms with Gasteiger partial charge in [-0.1, -0.05) is 25.0 Å². The predicted molar refractivity (Wildman–Crippen MR) is 93.9 cm³/mol. The second-order valence-electron chi connectivity index (χ2n) is 5.96. The predicted octanol–water partition coefficient (Wildman–Crippen LogP) is 4.19. The molecule has 1 aliphatic rings. The van der Waals surface area contributed by atoms with Crippen molar-refractivity contribution in [3.8, 4) is 17.0 Å². The van der Waals surface area contributed by atoms with Crippen LogP contribution in [0.1, 0.15) is 31.4 Å². The van der Waals surface area contributed by atoms with E-state index in [0.717, 1.165) is 41.2 Å². The quantitative estimate of drug-likeness (QED) is 0.772. The van der Waals surface area contributed by atoms with Crippen molar-refractivity contribution in [1.29, 1.82) is 0 Å². The first-order valence-corrected chi connectivity index (χ1v) is 8.35. The molecule has 0 aliphatic heterocycles. The summed E-state index contributed by atoms with van der Waals surface area (Å²) in [6, 6.07) is 11.8. The molecule has 5 nitrogen and oxygen atoms in total. The van der Waals surface area contributed by atoms with Crippen LogP contribution < -0.4 is 10.2 Å². The van der Waals surface area contributed by atoms with Gasteiger partial charge in [0.1, 0.15) is 11.4 Å². The maximum Gasteiger partial charge on any atom is 0.145 e. The average molecular weight is 328 g/mol. The number of aromatic nitrogens is 1. The fourth-order valence-electron chi connectivity index (χ4n) is 3.04. The summed E-state index contributed by atoms with van der Waals surface area (Å²) >= 11 is 0. The van der Waals surface area contributed by atoms with Crippen molar-refractivity contribution in [2.45, 2.75) is 38.4 Å². The third kappa shape index (κ3) is 4.04. The molecule has 1 heterocycles. The molecular weight excluding hydrogens is 304 g/mol. The van der Waals surface area contributed by atoms with E-state index in [1.807, 2.05) is 36.4 Å². The van der Waals surface area contributed by atoms with Crippen molar-refractivity contribution in [2.75, 3.05) is 19.7 Å². The Bertz CT molecular complexity index is 669. The van der Waals surface area contributed by atoms with Gasteiger partial charge in [-0.3, -0.25) is 10.3 Å². The summed E-state index contributed by atoms with van der Waals surface area (Å²) in [7, 11) is 3.25. The van der Waals surface area contributed by atoms with Gasteiger partial charge in [0.25, 0.3) is 0 Å². The molecule has 1 saturated carbocycles. The van der Waals surface area contributed by atoms with E-state index >= 15 is 0 Å². The van der Waals surface area contributed by atoms with E-state index in [0.29, 0.717) is 12.7 Å². The molecular formula is C19H24N2O3. The molecule has 5 heteroatoms. The van der Waals surface area contributed by atoms with E-state index in [2.05, 4.69) is 5.48 Å². The number of methoxy groups -OCH3 is 1. The average Bonchev–Trinajstić information content (AvgIpc) is 3.14. The maximum absolute atomic E-state index is 5.98. The van der Waals surface area contributed by atoms with Gasteiger partial charge in [0.15, 0.2) is 0 Å². The fourth-order valence-corrected chi connectivity index (χ4v) is 3.04. The monoisotopic (exact) mass is 328 g/mol. The summed E-state index contributed by atoms with van der Waals surface area (Å²) in [5, 5.41) is 0. The number of nitrogens with one attached hydrogen (secondary N) is 1. The van der Waals surface area contributed by atoms with Gasteiger partial charge >= 0.3 is 0 Å². The Kier molecular flexibility index (Phi) is 5.67. The molecule has 0 bridgehead atoms. The lowest BCUT2D eigenvalue weighted by Gasteiger charge is -2.14. The second-order valence-corrected chi connectivity index (χ2v) is 5.96. The first-order chi connectivity index (χ1) is 11.8. The molecule has 0 radical (unpaired) electrons. The summed E-state index contributed by atoms with van der Waals surface area (Å²) < 4.78 is 11.5. The highest BCUT2D eigenvalue weighted by Gasteiger charge is 2.16. The molecule has 0 unspecified atom stereocenters. The Morgan fingerprint density at radius 1 is 1.12 bits per heavy atom. The summed E-state index contributed by atoms with van der Waals surface area (Å²) in [6.07, 6.45) is 5.24. The molecule has 1 aromatic carbocycles. The van der Waals surface area contributed by atoms with Gasteiger partial charge in [0.2, 0.25) is 0 Å².